The van der Waals surface area contributed by atoms with Crippen LogP contribution in [-0.2, 0) is 20.8 Å². The lowest BCUT2D eigenvalue weighted by molar-refractivity contribution is -0.149. The molecule has 2 aromatic carbocycles. The van der Waals surface area contributed by atoms with E-state index in [1.54, 1.807) is 15.9 Å². The maximum absolute atomic E-state index is 14.7. The van der Waals surface area contributed by atoms with Crippen LogP contribution in [0.2, 0.25) is 0 Å². The van der Waals surface area contributed by atoms with Gasteiger partial charge in [0.2, 0.25) is 5.91 Å². The third kappa shape index (κ3) is 4.05. The molecule has 0 aliphatic carbocycles. The van der Waals surface area contributed by atoms with Crippen molar-refractivity contribution >= 4 is 35.2 Å². The normalized spacial score (nSPS) is 28.3. The van der Waals surface area contributed by atoms with Crippen LogP contribution in [0.25, 0.3) is 0 Å². The highest BCUT2D eigenvalue weighted by atomic mass is 32.2. The molecule has 0 aromatic heterocycles. The van der Waals surface area contributed by atoms with Crippen molar-refractivity contribution in [3.8, 4) is 0 Å². The van der Waals surface area contributed by atoms with Gasteiger partial charge in [-0.25, -0.2) is 0 Å². The topological polar surface area (TPSA) is 98.2 Å². The molecule has 2 bridgehead atoms. The van der Waals surface area contributed by atoms with Crippen LogP contribution in [0.3, 0.4) is 0 Å². The molecule has 3 heterocycles. The van der Waals surface area contributed by atoms with Gasteiger partial charge in [-0.05, 0) is 49.8 Å². The molecule has 7 nitrogen and oxygen atoms in total. The van der Waals surface area contributed by atoms with E-state index in [0.717, 1.165) is 22.4 Å². The smallest absolute Gasteiger partial charge is 0.308 e. The molecule has 3 aliphatic heterocycles. The standard InChI is InChI=1S/C30H34N2O5S/c1-4-15-31(25-18(2)9-8-10-19(25)3)28(35)26-30-14-13-22(38-30)23(29(36)37)24(30)27(34)32(26)21(17-33)16-20-11-6-5-7-12-20/h4-12,21-24,26,33H,1,13-17H2,2-3H3,(H,36,37)/t21-,22-,23+,24+,26?,30?/m1/s1. The van der Waals surface area contributed by atoms with Crippen LogP contribution in [0, 0.1) is 25.7 Å². The fourth-order valence-corrected chi connectivity index (χ4v) is 9.17. The second kappa shape index (κ2) is 10.2. The number of hydrogen-bond acceptors (Lipinski definition) is 5. The molecule has 6 atom stereocenters. The molecule has 200 valence electrons. The van der Waals surface area contributed by atoms with Crippen LogP contribution < -0.4 is 4.90 Å². The number of para-hydroxylation sites is 1. The summed E-state index contributed by atoms with van der Waals surface area (Å²) in [7, 11) is 0. The summed E-state index contributed by atoms with van der Waals surface area (Å²) in [5.41, 5.74) is 3.57. The third-order valence-corrected chi connectivity index (χ3v) is 10.4. The van der Waals surface area contributed by atoms with E-state index in [1.807, 2.05) is 62.4 Å². The van der Waals surface area contributed by atoms with E-state index < -0.39 is 34.6 Å². The molecule has 8 heteroatoms. The van der Waals surface area contributed by atoms with E-state index in [1.165, 1.54) is 11.8 Å². The van der Waals surface area contributed by atoms with Crippen molar-refractivity contribution < 1.29 is 24.6 Å². The Labute approximate surface area is 227 Å². The van der Waals surface area contributed by atoms with Crippen molar-refractivity contribution in [3.05, 3.63) is 77.9 Å². The number of aliphatic hydroxyl groups is 1. The van der Waals surface area contributed by atoms with Gasteiger partial charge in [0.05, 0.1) is 29.2 Å². The first-order valence-electron chi connectivity index (χ1n) is 13.1. The average Bonchev–Trinajstić information content (AvgIpc) is 3.54. The number of fused-ring (bicyclic) bond motifs is 1. The Morgan fingerprint density at radius 2 is 1.87 bits per heavy atom. The highest BCUT2D eigenvalue weighted by Gasteiger charge is 2.74. The fourth-order valence-electron chi connectivity index (χ4n) is 6.98. The molecule has 3 fully saturated rings. The average molecular weight is 535 g/mol. The van der Waals surface area contributed by atoms with Crippen LogP contribution in [-0.4, -0.2) is 68.1 Å². The molecule has 0 saturated carbocycles. The lowest BCUT2D eigenvalue weighted by atomic mass is 9.71. The maximum atomic E-state index is 14.7. The zero-order chi connectivity index (χ0) is 27.2. The Morgan fingerprint density at radius 3 is 2.47 bits per heavy atom. The van der Waals surface area contributed by atoms with Crippen LogP contribution in [0.1, 0.15) is 29.5 Å². The molecule has 0 radical (unpaired) electrons. The minimum Gasteiger partial charge on any atom is -0.481 e. The summed E-state index contributed by atoms with van der Waals surface area (Å²) in [5, 5.41) is 20.5. The minimum atomic E-state index is -0.989. The van der Waals surface area contributed by atoms with Crippen molar-refractivity contribution in [1.29, 1.82) is 0 Å². The summed E-state index contributed by atoms with van der Waals surface area (Å²) in [6, 6.07) is 13.9. The zero-order valence-corrected chi connectivity index (χ0v) is 22.6. The van der Waals surface area contributed by atoms with Crippen LogP contribution >= 0.6 is 11.8 Å². The first kappa shape index (κ1) is 26.5. The Kier molecular flexibility index (Phi) is 7.13. The molecule has 1 spiro atoms. The van der Waals surface area contributed by atoms with Gasteiger partial charge in [0.25, 0.3) is 5.91 Å². The molecule has 2 amide bonds. The number of nitrogens with zero attached hydrogens (tertiary/aromatic N) is 2. The minimum absolute atomic E-state index is 0.200. The van der Waals surface area contributed by atoms with Gasteiger partial charge in [0.1, 0.15) is 6.04 Å². The lowest BCUT2D eigenvalue weighted by Gasteiger charge is -2.40. The monoisotopic (exact) mass is 534 g/mol. The molecule has 38 heavy (non-hydrogen) atoms. The number of carbonyl (C=O) groups excluding carboxylic acids is 2. The quantitative estimate of drug-likeness (QED) is 0.477. The molecule has 3 saturated heterocycles. The van der Waals surface area contributed by atoms with E-state index in [4.69, 9.17) is 0 Å². The van der Waals surface area contributed by atoms with Gasteiger partial charge >= 0.3 is 5.97 Å². The number of aliphatic carboxylic acids is 1. The lowest BCUT2D eigenvalue weighted by Crippen LogP contribution is -2.58. The number of carboxylic acid groups (broad SMARTS) is 1. The molecule has 2 N–H and O–H groups in total. The predicted molar refractivity (Wildman–Crippen MR) is 148 cm³/mol. The maximum Gasteiger partial charge on any atom is 0.308 e. The van der Waals surface area contributed by atoms with E-state index >= 15 is 0 Å². The number of likely N-dealkylation sites (tertiary alicyclic amines) is 1. The van der Waals surface area contributed by atoms with E-state index in [0.29, 0.717) is 19.3 Å². The largest absolute Gasteiger partial charge is 0.481 e. The van der Waals surface area contributed by atoms with Gasteiger partial charge in [0, 0.05) is 17.5 Å². The number of carboxylic acids is 1. The number of rotatable bonds is 9. The summed E-state index contributed by atoms with van der Waals surface area (Å²) < 4.78 is -0.845. The van der Waals surface area contributed by atoms with Crippen LogP contribution in [0.15, 0.2) is 61.2 Å². The third-order valence-electron chi connectivity index (χ3n) is 8.46. The molecule has 3 aliphatic rings. The second-order valence-electron chi connectivity index (χ2n) is 10.6. The number of anilines is 1. The summed E-state index contributed by atoms with van der Waals surface area (Å²) in [6.07, 6.45) is 3.28. The van der Waals surface area contributed by atoms with Crippen molar-refractivity contribution in [2.24, 2.45) is 11.8 Å². The van der Waals surface area contributed by atoms with E-state index in [-0.39, 0.29) is 30.2 Å². The van der Waals surface area contributed by atoms with Crippen molar-refractivity contribution in [3.63, 3.8) is 0 Å². The molecular formula is C30H34N2O5S. The van der Waals surface area contributed by atoms with Gasteiger partial charge in [-0.3, -0.25) is 14.4 Å². The van der Waals surface area contributed by atoms with E-state index in [2.05, 4.69) is 6.58 Å². The van der Waals surface area contributed by atoms with Gasteiger partial charge in [-0.15, -0.1) is 18.3 Å². The molecule has 2 aromatic rings. The Balaban J connectivity index is 1.64. The Bertz CT molecular complexity index is 1250. The number of thioether (sulfide) groups is 1. The van der Waals surface area contributed by atoms with Crippen molar-refractivity contribution in [2.75, 3.05) is 18.1 Å². The summed E-state index contributed by atoms with van der Waals surface area (Å²) in [5.74, 6) is -3.21. The number of aliphatic hydroxyl groups excluding tert-OH is 1. The molecular weight excluding hydrogens is 500 g/mol. The number of hydrogen-bond donors (Lipinski definition) is 2. The van der Waals surface area contributed by atoms with E-state index in [9.17, 15) is 24.6 Å². The van der Waals surface area contributed by atoms with Crippen LogP contribution in [0.5, 0.6) is 0 Å². The number of amides is 2. The summed E-state index contributed by atoms with van der Waals surface area (Å²) >= 11 is 1.50. The van der Waals surface area contributed by atoms with Gasteiger partial charge in [-0.1, -0.05) is 54.6 Å². The highest BCUT2D eigenvalue weighted by Crippen LogP contribution is 2.66. The van der Waals surface area contributed by atoms with Crippen molar-refractivity contribution in [2.45, 2.75) is 55.2 Å². The number of aryl methyl sites for hydroxylation is 2. The second-order valence-corrected chi connectivity index (χ2v) is 12.2. The van der Waals surface area contributed by atoms with Crippen molar-refractivity contribution in [1.82, 2.24) is 4.90 Å². The summed E-state index contributed by atoms with van der Waals surface area (Å²) in [6.45, 7) is 7.71. The predicted octanol–water partition coefficient (Wildman–Crippen LogP) is 3.60. The zero-order valence-electron chi connectivity index (χ0n) is 21.7. The summed E-state index contributed by atoms with van der Waals surface area (Å²) in [4.78, 5) is 44.5. The molecule has 2 unspecified atom stereocenters. The SMILES string of the molecule is C=CCN(C(=O)C1N([C@@H](CO)Cc2ccccc2)C(=O)[C@@H]2[C@@H](C(=O)O)[C@H]3CCC12S3)c1c(C)cccc1C. The fraction of sp³-hybridized carbons (Fsp3) is 0.433. The van der Waals surface area contributed by atoms with Gasteiger partial charge in [-0.2, -0.15) is 0 Å². The number of carbonyl (C=O) groups is 3. The van der Waals surface area contributed by atoms with Gasteiger partial charge in [0.15, 0.2) is 0 Å². The highest BCUT2D eigenvalue weighted by molar-refractivity contribution is 8.02. The number of benzene rings is 2. The van der Waals surface area contributed by atoms with Gasteiger partial charge < -0.3 is 20.0 Å². The Morgan fingerprint density at radius 1 is 1.18 bits per heavy atom. The van der Waals surface area contributed by atoms with Crippen LogP contribution in [0.4, 0.5) is 5.69 Å². The Hall–Kier alpha value is -3.10. The molecule has 5 rings (SSSR count). The first-order chi connectivity index (χ1) is 18.2. The first-order valence-corrected chi connectivity index (χ1v) is 14.0.